The molecule has 1 N–H and O–H groups in total. The summed E-state index contributed by atoms with van der Waals surface area (Å²) in [5, 5.41) is 4.03. The largest absolute Gasteiger partial charge is 0.368 e. The highest BCUT2D eigenvalue weighted by atomic mass is 19.1. The molecule has 0 amide bonds. The van der Waals surface area contributed by atoms with Crippen LogP contribution in [0.25, 0.3) is 10.9 Å². The van der Waals surface area contributed by atoms with Gasteiger partial charge in [-0.05, 0) is 44.2 Å². The molecule has 0 radical (unpaired) electrons. The molecule has 0 aliphatic rings. The van der Waals surface area contributed by atoms with E-state index in [0.717, 1.165) is 16.7 Å². The standard InChI is InChI=1S/C12H13FN2/c1-8(2)14-12-6-3-9-7-10(13)4-5-11(9)15-12/h3-8H,1-2H3,(H,14,15). The molecule has 2 aromatic rings. The smallest absolute Gasteiger partial charge is 0.126 e. The van der Waals surface area contributed by atoms with Crippen LogP contribution in [0.2, 0.25) is 0 Å². The summed E-state index contributed by atoms with van der Waals surface area (Å²) < 4.78 is 12.9. The molecule has 3 heteroatoms. The van der Waals surface area contributed by atoms with E-state index in [0.29, 0.717) is 6.04 Å². The van der Waals surface area contributed by atoms with Crippen LogP contribution >= 0.6 is 0 Å². The number of hydrogen-bond acceptors (Lipinski definition) is 2. The average Bonchev–Trinajstić information content (AvgIpc) is 2.17. The summed E-state index contributed by atoms with van der Waals surface area (Å²) in [4.78, 5) is 4.38. The summed E-state index contributed by atoms with van der Waals surface area (Å²) in [6.45, 7) is 4.10. The third-order valence-corrected chi connectivity index (χ3v) is 2.09. The lowest BCUT2D eigenvalue weighted by atomic mass is 10.2. The van der Waals surface area contributed by atoms with E-state index in [2.05, 4.69) is 24.1 Å². The molecule has 0 fully saturated rings. The van der Waals surface area contributed by atoms with Crippen molar-refractivity contribution in [3.05, 3.63) is 36.1 Å². The number of halogens is 1. The molecule has 2 rings (SSSR count). The fourth-order valence-electron chi connectivity index (χ4n) is 1.47. The van der Waals surface area contributed by atoms with Gasteiger partial charge in [0.15, 0.2) is 0 Å². The molecule has 0 spiro atoms. The van der Waals surface area contributed by atoms with Gasteiger partial charge in [-0.25, -0.2) is 9.37 Å². The van der Waals surface area contributed by atoms with E-state index in [-0.39, 0.29) is 5.82 Å². The van der Waals surface area contributed by atoms with Gasteiger partial charge in [-0.15, -0.1) is 0 Å². The molecular formula is C12H13FN2. The number of rotatable bonds is 2. The molecule has 78 valence electrons. The third-order valence-electron chi connectivity index (χ3n) is 2.09. The molecular weight excluding hydrogens is 191 g/mol. The molecule has 0 aliphatic carbocycles. The molecule has 15 heavy (non-hydrogen) atoms. The van der Waals surface area contributed by atoms with Crippen LogP contribution in [0, 0.1) is 5.82 Å². The SMILES string of the molecule is CC(C)Nc1ccc2cc(F)ccc2n1. The van der Waals surface area contributed by atoms with Gasteiger partial charge in [0.1, 0.15) is 11.6 Å². The Morgan fingerprint density at radius 3 is 2.73 bits per heavy atom. The van der Waals surface area contributed by atoms with E-state index in [1.807, 2.05) is 12.1 Å². The second kappa shape index (κ2) is 3.85. The van der Waals surface area contributed by atoms with Gasteiger partial charge in [0.05, 0.1) is 5.52 Å². The highest BCUT2D eigenvalue weighted by Gasteiger charge is 2.00. The first-order valence-electron chi connectivity index (χ1n) is 4.98. The van der Waals surface area contributed by atoms with Crippen LogP contribution in [0.5, 0.6) is 0 Å². The van der Waals surface area contributed by atoms with Crippen LogP contribution in [0.4, 0.5) is 10.2 Å². The van der Waals surface area contributed by atoms with Crippen LogP contribution in [-0.2, 0) is 0 Å². The second-order valence-corrected chi connectivity index (χ2v) is 3.83. The highest BCUT2D eigenvalue weighted by molar-refractivity contribution is 5.80. The predicted molar refractivity (Wildman–Crippen MR) is 60.5 cm³/mol. The molecule has 1 aromatic heterocycles. The van der Waals surface area contributed by atoms with Crippen molar-refractivity contribution in [3.8, 4) is 0 Å². The van der Waals surface area contributed by atoms with Crippen LogP contribution in [0.3, 0.4) is 0 Å². The predicted octanol–water partition coefficient (Wildman–Crippen LogP) is 3.19. The summed E-state index contributed by atoms with van der Waals surface area (Å²) in [5.74, 6) is 0.595. The lowest BCUT2D eigenvalue weighted by Crippen LogP contribution is -2.10. The first kappa shape index (κ1) is 9.90. The summed E-state index contributed by atoms with van der Waals surface area (Å²) in [5.41, 5.74) is 0.807. The second-order valence-electron chi connectivity index (χ2n) is 3.83. The molecule has 0 unspecified atom stereocenters. The number of nitrogens with zero attached hydrogens (tertiary/aromatic N) is 1. The Balaban J connectivity index is 2.43. The Kier molecular flexibility index (Phi) is 2.54. The minimum atomic E-state index is -0.228. The minimum Gasteiger partial charge on any atom is -0.368 e. The normalized spacial score (nSPS) is 10.9. The Morgan fingerprint density at radius 1 is 1.20 bits per heavy atom. The zero-order valence-electron chi connectivity index (χ0n) is 8.79. The van der Waals surface area contributed by atoms with E-state index in [9.17, 15) is 4.39 Å². The Hall–Kier alpha value is -1.64. The molecule has 0 saturated carbocycles. The van der Waals surface area contributed by atoms with Crippen molar-refractivity contribution < 1.29 is 4.39 Å². The number of anilines is 1. The lowest BCUT2D eigenvalue weighted by molar-refractivity contribution is 0.629. The van der Waals surface area contributed by atoms with Crippen molar-refractivity contribution in [1.82, 2.24) is 4.98 Å². The number of benzene rings is 1. The monoisotopic (exact) mass is 204 g/mol. The van der Waals surface area contributed by atoms with Gasteiger partial charge < -0.3 is 5.32 Å². The van der Waals surface area contributed by atoms with E-state index in [1.165, 1.54) is 12.1 Å². The number of aromatic nitrogens is 1. The van der Waals surface area contributed by atoms with Crippen molar-refractivity contribution in [3.63, 3.8) is 0 Å². The molecule has 0 saturated heterocycles. The number of nitrogens with one attached hydrogen (secondary N) is 1. The minimum absolute atomic E-state index is 0.228. The van der Waals surface area contributed by atoms with Crippen LogP contribution in [0.15, 0.2) is 30.3 Å². The van der Waals surface area contributed by atoms with Gasteiger partial charge in [0, 0.05) is 11.4 Å². The first-order valence-corrected chi connectivity index (χ1v) is 4.98. The molecule has 0 aliphatic heterocycles. The zero-order chi connectivity index (χ0) is 10.8. The Labute approximate surface area is 88.1 Å². The van der Waals surface area contributed by atoms with Crippen molar-refractivity contribution in [2.45, 2.75) is 19.9 Å². The highest BCUT2D eigenvalue weighted by Crippen LogP contribution is 2.16. The molecule has 0 bridgehead atoms. The fraction of sp³-hybridized carbons (Fsp3) is 0.250. The zero-order valence-corrected chi connectivity index (χ0v) is 8.79. The maximum Gasteiger partial charge on any atom is 0.126 e. The lowest BCUT2D eigenvalue weighted by Gasteiger charge is -2.09. The van der Waals surface area contributed by atoms with Crippen LogP contribution < -0.4 is 5.32 Å². The van der Waals surface area contributed by atoms with Gasteiger partial charge in [0.25, 0.3) is 0 Å². The molecule has 2 nitrogen and oxygen atoms in total. The summed E-state index contributed by atoms with van der Waals surface area (Å²) >= 11 is 0. The Bertz CT molecular complexity index is 480. The van der Waals surface area contributed by atoms with Crippen molar-refractivity contribution in [2.24, 2.45) is 0 Å². The Morgan fingerprint density at radius 2 is 2.00 bits per heavy atom. The van der Waals surface area contributed by atoms with E-state index in [1.54, 1.807) is 6.07 Å². The number of hydrogen-bond donors (Lipinski definition) is 1. The van der Waals surface area contributed by atoms with Gasteiger partial charge in [-0.2, -0.15) is 0 Å². The van der Waals surface area contributed by atoms with E-state index in [4.69, 9.17) is 0 Å². The quantitative estimate of drug-likeness (QED) is 0.812. The van der Waals surface area contributed by atoms with Gasteiger partial charge >= 0.3 is 0 Å². The summed E-state index contributed by atoms with van der Waals surface area (Å²) in [6, 6.07) is 8.68. The third kappa shape index (κ3) is 2.24. The average molecular weight is 204 g/mol. The molecule has 1 heterocycles. The van der Waals surface area contributed by atoms with E-state index >= 15 is 0 Å². The first-order chi connectivity index (χ1) is 7.15. The number of pyridine rings is 1. The summed E-state index contributed by atoms with van der Waals surface area (Å²) in [6.07, 6.45) is 0. The fourth-order valence-corrected chi connectivity index (χ4v) is 1.47. The van der Waals surface area contributed by atoms with Crippen molar-refractivity contribution >= 4 is 16.7 Å². The van der Waals surface area contributed by atoms with Gasteiger partial charge in [-0.1, -0.05) is 0 Å². The summed E-state index contributed by atoms with van der Waals surface area (Å²) in [7, 11) is 0. The molecule has 0 atom stereocenters. The molecule has 1 aromatic carbocycles. The topological polar surface area (TPSA) is 24.9 Å². The number of fused-ring (bicyclic) bond motifs is 1. The van der Waals surface area contributed by atoms with Gasteiger partial charge in [-0.3, -0.25) is 0 Å². The van der Waals surface area contributed by atoms with Crippen molar-refractivity contribution in [1.29, 1.82) is 0 Å². The van der Waals surface area contributed by atoms with Crippen LogP contribution in [-0.4, -0.2) is 11.0 Å². The van der Waals surface area contributed by atoms with Crippen molar-refractivity contribution in [2.75, 3.05) is 5.32 Å². The maximum absolute atomic E-state index is 12.9. The maximum atomic E-state index is 12.9. The van der Waals surface area contributed by atoms with E-state index < -0.39 is 0 Å². The van der Waals surface area contributed by atoms with Crippen LogP contribution in [0.1, 0.15) is 13.8 Å². The van der Waals surface area contributed by atoms with Gasteiger partial charge in [0.2, 0.25) is 0 Å².